The molecular formula is C7H8BrFN2. The van der Waals surface area contributed by atoms with Crippen LogP contribution in [0.2, 0.25) is 0 Å². The lowest BCUT2D eigenvalue weighted by Gasteiger charge is -2.05. The minimum Gasteiger partial charge on any atom is -0.323 e. The fourth-order valence-corrected chi connectivity index (χ4v) is 1.44. The maximum Gasteiger partial charge on any atom is 0.142 e. The van der Waals surface area contributed by atoms with E-state index in [1.165, 1.54) is 6.07 Å². The molecule has 1 aromatic rings. The van der Waals surface area contributed by atoms with Crippen molar-refractivity contribution in [3.05, 3.63) is 28.2 Å². The van der Waals surface area contributed by atoms with E-state index in [4.69, 9.17) is 5.73 Å². The first kappa shape index (κ1) is 8.62. The normalized spacial score (nSPS) is 13.1. The van der Waals surface area contributed by atoms with Crippen LogP contribution in [0.25, 0.3) is 0 Å². The van der Waals surface area contributed by atoms with Crippen LogP contribution in [0.3, 0.4) is 0 Å². The number of aromatic nitrogens is 1. The molecule has 0 radical (unpaired) electrons. The summed E-state index contributed by atoms with van der Waals surface area (Å²) in [6, 6.07) is 1.18. The van der Waals surface area contributed by atoms with Crippen LogP contribution in [0.1, 0.15) is 18.7 Å². The standard InChI is InChI=1S/C7H8BrFN2/c1-4(10)7-6(8)2-5(9)3-11-7/h2-4H,10H2,1H3/t4-/m0/s1. The van der Waals surface area contributed by atoms with Gasteiger partial charge in [0.2, 0.25) is 0 Å². The van der Waals surface area contributed by atoms with Crippen molar-refractivity contribution in [2.75, 3.05) is 0 Å². The summed E-state index contributed by atoms with van der Waals surface area (Å²) in [7, 11) is 0. The van der Waals surface area contributed by atoms with E-state index < -0.39 is 0 Å². The number of rotatable bonds is 1. The van der Waals surface area contributed by atoms with Gasteiger partial charge in [0, 0.05) is 10.5 Å². The van der Waals surface area contributed by atoms with Gasteiger partial charge in [-0.3, -0.25) is 4.98 Å². The first-order chi connectivity index (χ1) is 5.11. The predicted octanol–water partition coefficient (Wildman–Crippen LogP) is 2.00. The fourth-order valence-electron chi connectivity index (χ4n) is 0.760. The van der Waals surface area contributed by atoms with Crippen LogP contribution in [0.4, 0.5) is 4.39 Å². The zero-order chi connectivity index (χ0) is 8.43. The lowest BCUT2D eigenvalue weighted by Crippen LogP contribution is -2.08. The van der Waals surface area contributed by atoms with Crippen LogP contribution in [-0.4, -0.2) is 4.98 Å². The molecule has 1 heterocycles. The summed E-state index contributed by atoms with van der Waals surface area (Å²) in [5, 5.41) is 0. The van der Waals surface area contributed by atoms with Crippen molar-refractivity contribution in [3.63, 3.8) is 0 Å². The Morgan fingerprint density at radius 2 is 2.36 bits per heavy atom. The molecule has 0 fully saturated rings. The van der Waals surface area contributed by atoms with Crippen LogP contribution in [0.5, 0.6) is 0 Å². The van der Waals surface area contributed by atoms with Crippen molar-refractivity contribution in [3.8, 4) is 0 Å². The van der Waals surface area contributed by atoms with Crippen LogP contribution in [0.15, 0.2) is 16.7 Å². The number of pyridine rings is 1. The van der Waals surface area contributed by atoms with E-state index in [1.807, 2.05) is 0 Å². The molecule has 0 spiro atoms. The summed E-state index contributed by atoms with van der Waals surface area (Å²) in [5.41, 5.74) is 6.22. The molecule has 1 rings (SSSR count). The van der Waals surface area contributed by atoms with Gasteiger partial charge in [-0.15, -0.1) is 0 Å². The molecule has 0 aliphatic rings. The topological polar surface area (TPSA) is 38.9 Å². The highest BCUT2D eigenvalue weighted by Crippen LogP contribution is 2.19. The maximum absolute atomic E-state index is 12.5. The molecule has 0 aliphatic carbocycles. The number of hydrogen-bond donors (Lipinski definition) is 1. The van der Waals surface area contributed by atoms with Gasteiger partial charge in [0.25, 0.3) is 0 Å². The SMILES string of the molecule is C[C@H](N)c1ncc(F)cc1Br. The van der Waals surface area contributed by atoms with Gasteiger partial charge in [0.05, 0.1) is 11.9 Å². The molecule has 0 bridgehead atoms. The lowest BCUT2D eigenvalue weighted by atomic mass is 10.2. The minimum absolute atomic E-state index is 0.176. The Morgan fingerprint density at radius 3 is 2.82 bits per heavy atom. The average Bonchev–Trinajstić information content (AvgIpc) is 1.85. The molecule has 0 amide bonds. The molecule has 0 aliphatic heterocycles. The molecule has 2 nitrogen and oxygen atoms in total. The maximum atomic E-state index is 12.5. The first-order valence-electron chi connectivity index (χ1n) is 3.18. The predicted molar refractivity (Wildman–Crippen MR) is 44.5 cm³/mol. The zero-order valence-electron chi connectivity index (χ0n) is 6.01. The molecule has 1 aromatic heterocycles. The van der Waals surface area contributed by atoms with Crippen LogP contribution in [0, 0.1) is 5.82 Å². The molecule has 0 saturated heterocycles. The van der Waals surface area contributed by atoms with Gasteiger partial charge >= 0.3 is 0 Å². The molecule has 4 heteroatoms. The van der Waals surface area contributed by atoms with E-state index >= 15 is 0 Å². The second kappa shape index (κ2) is 3.28. The van der Waals surface area contributed by atoms with Gasteiger partial charge in [0.1, 0.15) is 5.82 Å². The molecule has 60 valence electrons. The Labute approximate surface area is 72.8 Å². The summed E-state index contributed by atoms with van der Waals surface area (Å²) in [4.78, 5) is 3.83. The summed E-state index contributed by atoms with van der Waals surface area (Å²) < 4.78 is 13.1. The molecule has 0 aromatic carbocycles. The van der Waals surface area contributed by atoms with Crippen LogP contribution >= 0.6 is 15.9 Å². The fraction of sp³-hybridized carbons (Fsp3) is 0.286. The van der Waals surface area contributed by atoms with Crippen molar-refractivity contribution < 1.29 is 4.39 Å². The molecule has 0 unspecified atom stereocenters. The second-order valence-electron chi connectivity index (χ2n) is 2.31. The molecule has 0 saturated carbocycles. The highest BCUT2D eigenvalue weighted by Gasteiger charge is 2.06. The van der Waals surface area contributed by atoms with Crippen molar-refractivity contribution in [2.45, 2.75) is 13.0 Å². The van der Waals surface area contributed by atoms with Crippen molar-refractivity contribution in [2.24, 2.45) is 5.73 Å². The monoisotopic (exact) mass is 218 g/mol. The quantitative estimate of drug-likeness (QED) is 0.784. The summed E-state index contributed by atoms with van der Waals surface area (Å²) >= 11 is 3.17. The van der Waals surface area contributed by atoms with Gasteiger partial charge in [-0.05, 0) is 28.9 Å². The van der Waals surface area contributed by atoms with E-state index in [-0.39, 0.29) is 11.9 Å². The Bertz CT molecular complexity index is 263. The number of nitrogens with two attached hydrogens (primary N) is 1. The molecule has 1 atom stereocenters. The van der Waals surface area contributed by atoms with Gasteiger partial charge in [-0.25, -0.2) is 4.39 Å². The Kier molecular flexibility index (Phi) is 2.57. The lowest BCUT2D eigenvalue weighted by molar-refractivity contribution is 0.614. The molecular weight excluding hydrogens is 211 g/mol. The number of hydrogen-bond acceptors (Lipinski definition) is 2. The number of nitrogens with zero attached hydrogens (tertiary/aromatic N) is 1. The third-order valence-corrected chi connectivity index (χ3v) is 1.90. The third-order valence-electron chi connectivity index (χ3n) is 1.27. The Balaban J connectivity index is 3.09. The van der Waals surface area contributed by atoms with E-state index in [9.17, 15) is 4.39 Å². The van der Waals surface area contributed by atoms with E-state index in [1.54, 1.807) is 6.92 Å². The Morgan fingerprint density at radius 1 is 1.73 bits per heavy atom. The molecule has 2 N–H and O–H groups in total. The van der Waals surface area contributed by atoms with Crippen molar-refractivity contribution >= 4 is 15.9 Å². The average molecular weight is 219 g/mol. The summed E-state index contributed by atoms with van der Waals surface area (Å²) in [6.45, 7) is 1.80. The first-order valence-corrected chi connectivity index (χ1v) is 3.97. The van der Waals surface area contributed by atoms with Crippen LogP contribution < -0.4 is 5.73 Å². The second-order valence-corrected chi connectivity index (χ2v) is 3.16. The van der Waals surface area contributed by atoms with E-state index in [0.29, 0.717) is 10.2 Å². The highest BCUT2D eigenvalue weighted by molar-refractivity contribution is 9.10. The van der Waals surface area contributed by atoms with E-state index in [0.717, 1.165) is 6.20 Å². The minimum atomic E-state index is -0.360. The summed E-state index contributed by atoms with van der Waals surface area (Å²) in [5.74, 6) is -0.360. The largest absolute Gasteiger partial charge is 0.323 e. The van der Waals surface area contributed by atoms with E-state index in [2.05, 4.69) is 20.9 Å². The third kappa shape index (κ3) is 1.97. The van der Waals surface area contributed by atoms with Crippen molar-refractivity contribution in [1.29, 1.82) is 0 Å². The molecule has 11 heavy (non-hydrogen) atoms. The van der Waals surface area contributed by atoms with Crippen LogP contribution in [-0.2, 0) is 0 Å². The van der Waals surface area contributed by atoms with Gasteiger partial charge in [0.15, 0.2) is 0 Å². The van der Waals surface area contributed by atoms with Gasteiger partial charge in [-0.2, -0.15) is 0 Å². The zero-order valence-corrected chi connectivity index (χ0v) is 7.60. The summed E-state index contributed by atoms with van der Waals surface area (Å²) in [6.07, 6.45) is 1.16. The van der Waals surface area contributed by atoms with Gasteiger partial charge < -0.3 is 5.73 Å². The Hall–Kier alpha value is -0.480. The number of halogens is 2. The highest BCUT2D eigenvalue weighted by atomic mass is 79.9. The van der Waals surface area contributed by atoms with Crippen molar-refractivity contribution in [1.82, 2.24) is 4.98 Å². The smallest absolute Gasteiger partial charge is 0.142 e. The van der Waals surface area contributed by atoms with Gasteiger partial charge in [-0.1, -0.05) is 0 Å².